The zero-order valence-electron chi connectivity index (χ0n) is 15.0. The number of rotatable bonds is 4. The number of nitrogens with zero attached hydrogens (tertiary/aromatic N) is 2. The summed E-state index contributed by atoms with van der Waals surface area (Å²) in [5.41, 5.74) is 3.68. The van der Waals surface area contributed by atoms with E-state index >= 15 is 0 Å². The second-order valence-corrected chi connectivity index (χ2v) is 6.37. The minimum atomic E-state index is -0.489. The van der Waals surface area contributed by atoms with Crippen LogP contribution in [0.4, 0.5) is 17.1 Å². The maximum atomic E-state index is 12.8. The van der Waals surface area contributed by atoms with Crippen LogP contribution in [-0.2, 0) is 4.79 Å². The van der Waals surface area contributed by atoms with Crippen LogP contribution >= 0.6 is 0 Å². The van der Waals surface area contributed by atoms with Gasteiger partial charge >= 0.3 is 0 Å². The first-order valence-corrected chi connectivity index (χ1v) is 8.74. The minimum absolute atomic E-state index is 0.0939. The number of carbonyl (C=O) groups excluding carboxylic acids is 1. The standard InChI is InChI=1S/C22H14N4O3/c23-13-14-6-8-16(9-7-14)24-21(15-4-2-1-3-5-15)20-18-12-17(26(28)29)10-11-19(18)25-22(20)27/h1-12,24H,(H,25,27)/b21-20-. The largest absolute Gasteiger partial charge is 0.354 e. The molecular weight excluding hydrogens is 368 g/mol. The fraction of sp³-hybridized carbons (Fsp3) is 0. The highest BCUT2D eigenvalue weighted by molar-refractivity contribution is 6.37. The van der Waals surface area contributed by atoms with Gasteiger partial charge in [-0.15, -0.1) is 0 Å². The SMILES string of the molecule is N#Cc1ccc(N/C(=C2\C(=O)Nc3ccc([N+](=O)[O-])cc32)c2ccccc2)cc1. The Bertz CT molecular complexity index is 1190. The molecule has 4 rings (SSSR count). The summed E-state index contributed by atoms with van der Waals surface area (Å²) in [7, 11) is 0. The molecule has 0 fully saturated rings. The van der Waals surface area contributed by atoms with Crippen molar-refractivity contribution in [1.29, 1.82) is 5.26 Å². The van der Waals surface area contributed by atoms with Gasteiger partial charge < -0.3 is 10.6 Å². The van der Waals surface area contributed by atoms with E-state index in [2.05, 4.69) is 16.7 Å². The summed E-state index contributed by atoms with van der Waals surface area (Å²) < 4.78 is 0. The molecule has 1 amide bonds. The van der Waals surface area contributed by atoms with Crippen LogP contribution in [0.2, 0.25) is 0 Å². The summed E-state index contributed by atoms with van der Waals surface area (Å²) in [4.78, 5) is 23.5. The first-order chi connectivity index (χ1) is 14.1. The molecule has 7 nitrogen and oxygen atoms in total. The van der Waals surface area contributed by atoms with E-state index < -0.39 is 4.92 Å². The molecule has 0 spiro atoms. The molecule has 7 heteroatoms. The van der Waals surface area contributed by atoms with Gasteiger partial charge in [-0.1, -0.05) is 30.3 Å². The van der Waals surface area contributed by atoms with Gasteiger partial charge in [-0.05, 0) is 35.9 Å². The Labute approximate surface area is 166 Å². The zero-order chi connectivity index (χ0) is 20.4. The number of nitrogens with one attached hydrogen (secondary N) is 2. The topological polar surface area (TPSA) is 108 Å². The van der Waals surface area contributed by atoms with Gasteiger partial charge in [0.25, 0.3) is 11.6 Å². The number of non-ortho nitro benzene ring substituents is 1. The summed E-state index contributed by atoms with van der Waals surface area (Å²) in [5, 5.41) is 26.2. The van der Waals surface area contributed by atoms with Crippen molar-refractivity contribution < 1.29 is 9.72 Å². The molecule has 29 heavy (non-hydrogen) atoms. The predicted molar refractivity (Wildman–Crippen MR) is 110 cm³/mol. The lowest BCUT2D eigenvalue weighted by molar-refractivity contribution is -0.384. The quantitative estimate of drug-likeness (QED) is 0.395. The number of anilines is 2. The highest BCUT2D eigenvalue weighted by Crippen LogP contribution is 2.39. The van der Waals surface area contributed by atoms with Crippen LogP contribution in [0.3, 0.4) is 0 Å². The first kappa shape index (κ1) is 17.9. The van der Waals surface area contributed by atoms with E-state index in [9.17, 15) is 14.9 Å². The molecule has 0 aliphatic carbocycles. The number of fused-ring (bicyclic) bond motifs is 1. The molecule has 140 valence electrons. The Morgan fingerprint density at radius 3 is 2.41 bits per heavy atom. The summed E-state index contributed by atoms with van der Waals surface area (Å²) in [6.45, 7) is 0. The van der Waals surface area contributed by atoms with Gasteiger partial charge in [0.1, 0.15) is 0 Å². The number of amides is 1. The molecule has 3 aromatic carbocycles. The maximum Gasteiger partial charge on any atom is 0.270 e. The van der Waals surface area contributed by atoms with Gasteiger partial charge in [-0.3, -0.25) is 14.9 Å². The molecule has 0 unspecified atom stereocenters. The van der Waals surface area contributed by atoms with Crippen molar-refractivity contribution in [2.45, 2.75) is 0 Å². The van der Waals surface area contributed by atoms with E-state index in [1.165, 1.54) is 18.2 Å². The van der Waals surface area contributed by atoms with Gasteiger partial charge in [0.2, 0.25) is 0 Å². The van der Waals surface area contributed by atoms with Crippen molar-refractivity contribution in [3.8, 4) is 6.07 Å². The molecular formula is C22H14N4O3. The Hall–Kier alpha value is -4.44. The smallest absolute Gasteiger partial charge is 0.270 e. The number of benzene rings is 3. The van der Waals surface area contributed by atoms with Crippen molar-refractivity contribution in [2.24, 2.45) is 0 Å². The fourth-order valence-corrected chi connectivity index (χ4v) is 3.17. The number of hydrogen-bond acceptors (Lipinski definition) is 5. The molecule has 1 heterocycles. The second kappa shape index (κ2) is 7.29. The normalized spacial score (nSPS) is 13.8. The van der Waals surface area contributed by atoms with E-state index in [-0.39, 0.29) is 11.6 Å². The molecule has 0 saturated heterocycles. The van der Waals surface area contributed by atoms with Crippen molar-refractivity contribution in [2.75, 3.05) is 10.6 Å². The average molecular weight is 382 g/mol. The summed E-state index contributed by atoms with van der Waals surface area (Å²) >= 11 is 0. The van der Waals surface area contributed by atoms with Gasteiger partial charge in [-0.25, -0.2) is 0 Å². The highest BCUT2D eigenvalue weighted by Gasteiger charge is 2.30. The number of nitriles is 1. The van der Waals surface area contributed by atoms with Crippen LogP contribution in [0.15, 0.2) is 72.8 Å². The molecule has 0 radical (unpaired) electrons. The third-order valence-corrected chi connectivity index (χ3v) is 4.55. The summed E-state index contributed by atoms with van der Waals surface area (Å²) in [6, 6.07) is 22.4. The van der Waals surface area contributed by atoms with E-state index in [1.807, 2.05) is 30.3 Å². The Morgan fingerprint density at radius 1 is 1.03 bits per heavy atom. The molecule has 1 aliphatic heterocycles. The summed E-state index contributed by atoms with van der Waals surface area (Å²) in [5.74, 6) is -0.347. The van der Waals surface area contributed by atoms with Crippen LogP contribution in [0, 0.1) is 21.4 Å². The Balaban J connectivity index is 1.90. The van der Waals surface area contributed by atoms with Crippen LogP contribution in [-0.4, -0.2) is 10.8 Å². The minimum Gasteiger partial charge on any atom is -0.354 e. The predicted octanol–water partition coefficient (Wildman–Crippen LogP) is 4.40. The lowest BCUT2D eigenvalue weighted by Crippen LogP contribution is -2.10. The number of hydrogen-bond donors (Lipinski definition) is 2. The molecule has 0 bridgehead atoms. The highest BCUT2D eigenvalue weighted by atomic mass is 16.6. The maximum absolute atomic E-state index is 12.8. The summed E-state index contributed by atoms with van der Waals surface area (Å²) in [6.07, 6.45) is 0. The lowest BCUT2D eigenvalue weighted by Gasteiger charge is -2.14. The number of nitro benzene ring substituents is 1. The van der Waals surface area contributed by atoms with Crippen LogP contribution in [0.5, 0.6) is 0 Å². The Morgan fingerprint density at radius 2 is 1.76 bits per heavy atom. The molecule has 1 aliphatic rings. The first-order valence-electron chi connectivity index (χ1n) is 8.74. The third kappa shape index (κ3) is 3.42. The number of nitro groups is 1. The monoisotopic (exact) mass is 382 g/mol. The van der Waals surface area contributed by atoms with Crippen molar-refractivity contribution in [3.05, 3.63) is 99.6 Å². The third-order valence-electron chi connectivity index (χ3n) is 4.55. The molecule has 2 N–H and O–H groups in total. The van der Waals surface area contributed by atoms with Crippen molar-refractivity contribution in [1.82, 2.24) is 0 Å². The van der Waals surface area contributed by atoms with E-state index in [0.717, 1.165) is 5.56 Å². The molecule has 0 atom stereocenters. The van der Waals surface area contributed by atoms with Crippen LogP contribution in [0.25, 0.3) is 11.3 Å². The van der Waals surface area contributed by atoms with Crippen molar-refractivity contribution >= 4 is 34.2 Å². The van der Waals surface area contributed by atoms with Gasteiger partial charge in [0.05, 0.1) is 27.8 Å². The average Bonchev–Trinajstić information content (AvgIpc) is 3.07. The van der Waals surface area contributed by atoms with E-state index in [1.54, 1.807) is 24.3 Å². The van der Waals surface area contributed by atoms with Gasteiger partial charge in [0, 0.05) is 29.1 Å². The van der Waals surface area contributed by atoms with E-state index in [4.69, 9.17) is 5.26 Å². The molecule has 0 aromatic heterocycles. The Kier molecular flexibility index (Phi) is 4.51. The van der Waals surface area contributed by atoms with E-state index in [0.29, 0.717) is 33.8 Å². The van der Waals surface area contributed by atoms with Gasteiger partial charge in [-0.2, -0.15) is 5.26 Å². The second-order valence-electron chi connectivity index (χ2n) is 6.37. The molecule has 3 aromatic rings. The molecule has 0 saturated carbocycles. The van der Waals surface area contributed by atoms with Crippen LogP contribution < -0.4 is 10.6 Å². The fourth-order valence-electron chi connectivity index (χ4n) is 3.17. The number of carbonyl (C=O) groups is 1. The van der Waals surface area contributed by atoms with Gasteiger partial charge in [0.15, 0.2) is 0 Å². The van der Waals surface area contributed by atoms with Crippen molar-refractivity contribution in [3.63, 3.8) is 0 Å². The lowest BCUT2D eigenvalue weighted by atomic mass is 9.99. The zero-order valence-corrected chi connectivity index (χ0v) is 15.0. The van der Waals surface area contributed by atoms with Crippen LogP contribution in [0.1, 0.15) is 16.7 Å².